The molecule has 0 bridgehead atoms. The van der Waals surface area contributed by atoms with Crippen molar-refractivity contribution in [3.8, 4) is 12.1 Å². The Hall–Kier alpha value is -2.64. The van der Waals surface area contributed by atoms with Crippen molar-refractivity contribution in [3.05, 3.63) is 47.4 Å². The molecule has 0 unspecified atom stereocenters. The van der Waals surface area contributed by atoms with E-state index in [1.54, 1.807) is 18.2 Å². The highest BCUT2D eigenvalue weighted by Crippen LogP contribution is 2.23. The minimum atomic E-state index is -0.939. The second-order valence-electron chi connectivity index (χ2n) is 4.77. The number of anilines is 1. The van der Waals surface area contributed by atoms with Gasteiger partial charge in [-0.25, -0.2) is 14.4 Å². The van der Waals surface area contributed by atoms with Crippen LogP contribution < -0.4 is 5.32 Å². The van der Waals surface area contributed by atoms with Gasteiger partial charge in [-0.2, -0.15) is 10.5 Å². The van der Waals surface area contributed by atoms with E-state index >= 15 is 0 Å². The van der Waals surface area contributed by atoms with Gasteiger partial charge in [0, 0.05) is 12.1 Å². The first-order chi connectivity index (χ1) is 11.1. The number of hydrogen-bond donors (Lipinski definition) is 1. The fourth-order valence-corrected chi connectivity index (χ4v) is 2.36. The molecule has 2 rings (SSSR count). The third-order valence-corrected chi connectivity index (χ3v) is 3.74. The van der Waals surface area contributed by atoms with E-state index in [4.69, 9.17) is 10.5 Å². The van der Waals surface area contributed by atoms with E-state index < -0.39 is 5.92 Å². The summed E-state index contributed by atoms with van der Waals surface area (Å²) in [7, 11) is 0. The molecule has 2 aromatic rings. The third-order valence-electron chi connectivity index (χ3n) is 3.20. The monoisotopic (exact) mass is 327 g/mol. The van der Waals surface area contributed by atoms with E-state index in [0.717, 1.165) is 5.56 Å². The molecule has 0 saturated carbocycles. The summed E-state index contributed by atoms with van der Waals surface area (Å²) in [4.78, 5) is 8.54. The van der Waals surface area contributed by atoms with Crippen LogP contribution in [0.1, 0.15) is 30.1 Å². The Morgan fingerprint density at radius 1 is 1.17 bits per heavy atom. The third kappa shape index (κ3) is 4.18. The Kier molecular flexibility index (Phi) is 5.51. The average molecular weight is 327 g/mol. The van der Waals surface area contributed by atoms with Crippen molar-refractivity contribution in [1.82, 2.24) is 9.97 Å². The van der Waals surface area contributed by atoms with Crippen LogP contribution in [-0.2, 0) is 0 Å². The first-order valence-electron chi connectivity index (χ1n) is 6.81. The van der Waals surface area contributed by atoms with Gasteiger partial charge in [0.15, 0.2) is 11.1 Å². The van der Waals surface area contributed by atoms with E-state index in [1.165, 1.54) is 23.9 Å². The SMILES string of the molecule is CSc1nc(N[C@@H](C)c2ccc(F)cc2)cc(C(C#N)C#N)n1. The van der Waals surface area contributed by atoms with Gasteiger partial charge in [0.2, 0.25) is 0 Å². The molecule has 0 aliphatic rings. The van der Waals surface area contributed by atoms with Crippen molar-refractivity contribution >= 4 is 17.6 Å². The maximum absolute atomic E-state index is 13.0. The zero-order chi connectivity index (χ0) is 16.8. The van der Waals surface area contributed by atoms with Crippen LogP contribution in [0.5, 0.6) is 0 Å². The Morgan fingerprint density at radius 2 is 1.83 bits per heavy atom. The van der Waals surface area contributed by atoms with Gasteiger partial charge in [0.05, 0.1) is 17.8 Å². The topological polar surface area (TPSA) is 85.4 Å². The number of aromatic nitrogens is 2. The van der Waals surface area contributed by atoms with Crippen molar-refractivity contribution in [3.63, 3.8) is 0 Å². The lowest BCUT2D eigenvalue weighted by molar-refractivity contribution is 0.626. The second kappa shape index (κ2) is 7.57. The van der Waals surface area contributed by atoms with E-state index in [0.29, 0.717) is 16.7 Å². The molecular formula is C16H14FN5S. The van der Waals surface area contributed by atoms with Crippen LogP contribution in [-0.4, -0.2) is 16.2 Å². The number of halogens is 1. The van der Waals surface area contributed by atoms with Gasteiger partial charge in [-0.05, 0) is 30.9 Å². The molecule has 0 aliphatic heterocycles. The summed E-state index contributed by atoms with van der Waals surface area (Å²) in [6, 6.07) is 11.5. The Balaban J connectivity index is 2.28. The van der Waals surface area contributed by atoms with Crippen LogP contribution in [0.15, 0.2) is 35.5 Å². The normalized spacial score (nSPS) is 11.6. The summed E-state index contributed by atoms with van der Waals surface area (Å²) in [5.74, 6) is -0.710. The van der Waals surface area contributed by atoms with Crippen LogP contribution >= 0.6 is 11.8 Å². The predicted molar refractivity (Wildman–Crippen MR) is 86.2 cm³/mol. The Labute approximate surface area is 138 Å². The van der Waals surface area contributed by atoms with E-state index in [1.807, 2.05) is 25.3 Å². The van der Waals surface area contributed by atoms with E-state index in [-0.39, 0.29) is 11.9 Å². The molecule has 0 radical (unpaired) electrons. The number of hydrogen-bond acceptors (Lipinski definition) is 6. The summed E-state index contributed by atoms with van der Waals surface area (Å²) in [6.45, 7) is 1.92. The summed E-state index contributed by atoms with van der Waals surface area (Å²) >= 11 is 1.33. The zero-order valence-electron chi connectivity index (χ0n) is 12.6. The van der Waals surface area contributed by atoms with Crippen molar-refractivity contribution in [1.29, 1.82) is 10.5 Å². The van der Waals surface area contributed by atoms with Crippen LogP contribution in [0.3, 0.4) is 0 Å². The van der Waals surface area contributed by atoms with Crippen LogP contribution in [0.4, 0.5) is 10.2 Å². The van der Waals surface area contributed by atoms with Crippen LogP contribution in [0.2, 0.25) is 0 Å². The lowest BCUT2D eigenvalue weighted by Crippen LogP contribution is -2.10. The molecule has 0 saturated heterocycles. The summed E-state index contributed by atoms with van der Waals surface area (Å²) < 4.78 is 13.0. The van der Waals surface area contributed by atoms with Gasteiger partial charge in [-0.3, -0.25) is 0 Å². The fourth-order valence-electron chi connectivity index (χ4n) is 1.97. The molecule has 0 spiro atoms. The molecule has 5 nitrogen and oxygen atoms in total. The first-order valence-corrected chi connectivity index (χ1v) is 8.04. The van der Waals surface area contributed by atoms with Gasteiger partial charge in [-0.1, -0.05) is 23.9 Å². The molecule has 1 aromatic carbocycles. The van der Waals surface area contributed by atoms with Crippen molar-refractivity contribution in [2.45, 2.75) is 24.0 Å². The Bertz CT molecular complexity index is 750. The standard InChI is InChI=1S/C16H14FN5S/c1-10(11-3-5-13(17)6-4-11)20-15-7-14(12(8-18)9-19)21-16(22-15)23-2/h3-7,10,12H,1-2H3,(H,20,21,22)/t10-/m0/s1. The smallest absolute Gasteiger partial charge is 0.189 e. The Morgan fingerprint density at radius 3 is 2.39 bits per heavy atom. The predicted octanol–water partition coefficient (Wildman–Crippen LogP) is 3.64. The van der Waals surface area contributed by atoms with Crippen LogP contribution in [0.25, 0.3) is 0 Å². The highest BCUT2D eigenvalue weighted by Gasteiger charge is 2.15. The molecule has 0 amide bonds. The molecule has 7 heteroatoms. The van der Waals surface area contributed by atoms with Crippen molar-refractivity contribution in [2.24, 2.45) is 0 Å². The average Bonchev–Trinajstić information content (AvgIpc) is 2.56. The van der Waals surface area contributed by atoms with Crippen LogP contribution in [0, 0.1) is 28.5 Å². The first kappa shape index (κ1) is 16.7. The van der Waals surface area contributed by atoms with Gasteiger partial charge >= 0.3 is 0 Å². The zero-order valence-corrected chi connectivity index (χ0v) is 13.4. The second-order valence-corrected chi connectivity index (χ2v) is 5.55. The number of nitriles is 2. The quantitative estimate of drug-likeness (QED) is 0.666. The minimum absolute atomic E-state index is 0.115. The maximum atomic E-state index is 13.0. The molecular weight excluding hydrogens is 313 g/mol. The molecule has 1 atom stereocenters. The molecule has 1 heterocycles. The maximum Gasteiger partial charge on any atom is 0.189 e. The van der Waals surface area contributed by atoms with Gasteiger partial charge in [0.25, 0.3) is 0 Å². The van der Waals surface area contributed by atoms with Gasteiger partial charge in [0.1, 0.15) is 11.6 Å². The lowest BCUT2D eigenvalue weighted by Gasteiger charge is -2.16. The highest BCUT2D eigenvalue weighted by atomic mass is 32.2. The number of benzene rings is 1. The van der Waals surface area contributed by atoms with E-state index in [9.17, 15) is 4.39 Å². The number of nitrogens with one attached hydrogen (secondary N) is 1. The lowest BCUT2D eigenvalue weighted by atomic mass is 10.1. The summed E-state index contributed by atoms with van der Waals surface area (Å²) in [6.07, 6.45) is 1.82. The molecule has 0 fully saturated rings. The van der Waals surface area contributed by atoms with E-state index in [2.05, 4.69) is 15.3 Å². The van der Waals surface area contributed by atoms with Crippen molar-refractivity contribution in [2.75, 3.05) is 11.6 Å². The largest absolute Gasteiger partial charge is 0.363 e. The molecule has 116 valence electrons. The minimum Gasteiger partial charge on any atom is -0.363 e. The number of nitrogens with zero attached hydrogens (tertiary/aromatic N) is 4. The molecule has 23 heavy (non-hydrogen) atoms. The fraction of sp³-hybridized carbons (Fsp3) is 0.250. The van der Waals surface area contributed by atoms with Gasteiger partial charge < -0.3 is 5.32 Å². The molecule has 1 N–H and O–H groups in total. The van der Waals surface area contributed by atoms with Crippen molar-refractivity contribution < 1.29 is 4.39 Å². The number of rotatable bonds is 5. The molecule has 0 aliphatic carbocycles. The summed E-state index contributed by atoms with van der Waals surface area (Å²) in [5, 5.41) is 21.7. The molecule has 1 aromatic heterocycles. The number of thioether (sulfide) groups is 1. The van der Waals surface area contributed by atoms with Gasteiger partial charge in [-0.15, -0.1) is 0 Å². The summed E-state index contributed by atoms with van der Waals surface area (Å²) in [5.41, 5.74) is 1.26. The highest BCUT2D eigenvalue weighted by molar-refractivity contribution is 7.98.